The maximum absolute atomic E-state index is 12.2. The highest BCUT2D eigenvalue weighted by atomic mass is 16.4. The van der Waals surface area contributed by atoms with Gasteiger partial charge in [-0.25, -0.2) is 5.10 Å². The molecule has 0 saturated heterocycles. The van der Waals surface area contributed by atoms with Crippen LogP contribution >= 0.6 is 0 Å². The van der Waals surface area contributed by atoms with Crippen LogP contribution in [0.1, 0.15) is 21.6 Å². The third-order valence-corrected chi connectivity index (χ3v) is 2.64. The number of primary amides is 1. The number of aromatic amines is 1. The third-order valence-electron chi connectivity index (χ3n) is 2.64. The number of nitrogens with two attached hydrogens (primary N) is 1. The quantitative estimate of drug-likeness (QED) is 0.592. The van der Waals surface area contributed by atoms with Crippen molar-refractivity contribution in [3.05, 3.63) is 27.2 Å². The van der Waals surface area contributed by atoms with Gasteiger partial charge in [-0.3, -0.25) is 19.2 Å². The molecule has 1 aromatic rings. The number of nitrogens with one attached hydrogen (secondary N) is 1. The molecular formula is C11H14N4O5. The summed E-state index contributed by atoms with van der Waals surface area (Å²) in [6, 6.07) is 0. The van der Waals surface area contributed by atoms with Gasteiger partial charge in [-0.05, 0) is 19.4 Å². The van der Waals surface area contributed by atoms with Gasteiger partial charge in [0.1, 0.15) is 18.7 Å². The Morgan fingerprint density at radius 1 is 1.30 bits per heavy atom. The number of carbonyl (C=O) groups is 3. The van der Waals surface area contributed by atoms with E-state index in [9.17, 15) is 19.2 Å². The zero-order valence-corrected chi connectivity index (χ0v) is 11.0. The number of amides is 2. The number of carboxylic acid groups (broad SMARTS) is 1. The van der Waals surface area contributed by atoms with Crippen LogP contribution in [-0.2, 0) is 9.59 Å². The minimum absolute atomic E-state index is 0.250. The molecule has 0 fully saturated rings. The lowest BCUT2D eigenvalue weighted by Crippen LogP contribution is -2.43. The molecule has 9 heteroatoms. The number of aryl methyl sites for hydroxylation is 1. The van der Waals surface area contributed by atoms with E-state index in [-0.39, 0.29) is 5.56 Å². The number of hydrogen-bond acceptors (Lipinski definition) is 5. The molecule has 1 aromatic heterocycles. The topological polar surface area (TPSA) is 146 Å². The van der Waals surface area contributed by atoms with Crippen LogP contribution in [0.25, 0.3) is 0 Å². The molecule has 20 heavy (non-hydrogen) atoms. The first-order chi connectivity index (χ1) is 9.23. The van der Waals surface area contributed by atoms with Crippen LogP contribution in [-0.4, -0.2) is 51.1 Å². The molecule has 2 amide bonds. The van der Waals surface area contributed by atoms with Crippen molar-refractivity contribution in [1.29, 1.82) is 0 Å². The predicted octanol–water partition coefficient (Wildman–Crippen LogP) is -1.60. The van der Waals surface area contributed by atoms with Crippen LogP contribution in [0.5, 0.6) is 0 Å². The minimum atomic E-state index is -1.32. The second-order valence-electron chi connectivity index (χ2n) is 4.16. The molecule has 0 aromatic carbocycles. The fourth-order valence-corrected chi connectivity index (χ4v) is 1.59. The Balaban J connectivity index is 3.25. The number of carbonyl (C=O) groups excluding carboxylic acids is 2. The summed E-state index contributed by atoms with van der Waals surface area (Å²) in [7, 11) is 0. The zero-order valence-electron chi connectivity index (χ0n) is 11.0. The number of nitrogens with zero attached hydrogens (tertiary/aromatic N) is 2. The maximum atomic E-state index is 12.2. The highest BCUT2D eigenvalue weighted by molar-refractivity contribution is 5.98. The number of rotatable bonds is 5. The van der Waals surface area contributed by atoms with E-state index in [2.05, 4.69) is 10.2 Å². The first kappa shape index (κ1) is 15.3. The molecular weight excluding hydrogens is 268 g/mol. The van der Waals surface area contributed by atoms with Crippen LogP contribution in [0.4, 0.5) is 0 Å². The lowest BCUT2D eigenvalue weighted by molar-refractivity contribution is -0.138. The number of H-pyrrole nitrogens is 1. The first-order valence-corrected chi connectivity index (χ1v) is 5.59. The summed E-state index contributed by atoms with van der Waals surface area (Å²) in [6.45, 7) is 1.76. The van der Waals surface area contributed by atoms with Crippen molar-refractivity contribution >= 4 is 17.8 Å². The lowest BCUT2D eigenvalue weighted by atomic mass is 10.1. The average Bonchev–Trinajstić information content (AvgIpc) is 2.32. The van der Waals surface area contributed by atoms with Gasteiger partial charge in [-0.2, -0.15) is 5.10 Å². The summed E-state index contributed by atoms with van der Waals surface area (Å²) in [5, 5.41) is 14.6. The highest BCUT2D eigenvalue weighted by Gasteiger charge is 2.25. The van der Waals surface area contributed by atoms with Crippen molar-refractivity contribution in [3.8, 4) is 0 Å². The molecule has 1 rings (SSSR count). The van der Waals surface area contributed by atoms with E-state index in [4.69, 9.17) is 10.8 Å². The molecule has 0 aliphatic carbocycles. The summed E-state index contributed by atoms with van der Waals surface area (Å²) in [5.41, 5.74) is 4.70. The number of hydrogen-bond donors (Lipinski definition) is 3. The molecule has 0 unspecified atom stereocenters. The molecule has 0 atom stereocenters. The molecule has 0 saturated carbocycles. The summed E-state index contributed by atoms with van der Waals surface area (Å²) in [6.07, 6.45) is 0. The van der Waals surface area contributed by atoms with Crippen LogP contribution in [0.2, 0.25) is 0 Å². The normalized spacial score (nSPS) is 10.1. The van der Waals surface area contributed by atoms with E-state index in [0.717, 1.165) is 0 Å². The van der Waals surface area contributed by atoms with Crippen molar-refractivity contribution in [2.24, 2.45) is 5.73 Å². The SMILES string of the molecule is Cc1n[nH]c(=O)c(C(=O)N(CC(N)=O)CC(=O)O)c1C. The lowest BCUT2D eigenvalue weighted by Gasteiger charge is -2.19. The van der Waals surface area contributed by atoms with Crippen LogP contribution in [0.3, 0.4) is 0 Å². The van der Waals surface area contributed by atoms with Gasteiger partial charge >= 0.3 is 5.97 Å². The van der Waals surface area contributed by atoms with Gasteiger partial charge in [0.2, 0.25) is 5.91 Å². The van der Waals surface area contributed by atoms with E-state index in [1.165, 1.54) is 6.92 Å². The van der Waals surface area contributed by atoms with E-state index >= 15 is 0 Å². The Morgan fingerprint density at radius 2 is 1.90 bits per heavy atom. The van der Waals surface area contributed by atoms with E-state index in [1.54, 1.807) is 6.92 Å². The van der Waals surface area contributed by atoms with E-state index in [1.807, 2.05) is 0 Å². The van der Waals surface area contributed by atoms with Crippen LogP contribution in [0.15, 0.2) is 4.79 Å². The molecule has 0 aliphatic rings. The Morgan fingerprint density at radius 3 is 2.40 bits per heavy atom. The van der Waals surface area contributed by atoms with Crippen molar-refractivity contribution in [2.75, 3.05) is 13.1 Å². The van der Waals surface area contributed by atoms with Gasteiger partial charge in [-0.15, -0.1) is 0 Å². The monoisotopic (exact) mass is 282 g/mol. The van der Waals surface area contributed by atoms with Crippen molar-refractivity contribution in [3.63, 3.8) is 0 Å². The number of aromatic nitrogens is 2. The molecule has 1 heterocycles. The second kappa shape index (κ2) is 5.95. The molecule has 0 bridgehead atoms. The summed E-state index contributed by atoms with van der Waals surface area (Å²) < 4.78 is 0. The predicted molar refractivity (Wildman–Crippen MR) is 67.1 cm³/mol. The van der Waals surface area contributed by atoms with Gasteiger partial charge in [0, 0.05) is 0 Å². The Bertz CT molecular complexity index is 606. The summed E-state index contributed by atoms with van der Waals surface area (Å²) in [4.78, 5) is 46.2. The molecule has 0 spiro atoms. The zero-order chi connectivity index (χ0) is 15.4. The van der Waals surface area contributed by atoms with E-state index < -0.39 is 36.4 Å². The van der Waals surface area contributed by atoms with Gasteiger partial charge < -0.3 is 15.7 Å². The van der Waals surface area contributed by atoms with Crippen molar-refractivity contribution < 1.29 is 19.5 Å². The summed E-state index contributed by atoms with van der Waals surface area (Å²) >= 11 is 0. The fourth-order valence-electron chi connectivity index (χ4n) is 1.59. The molecule has 9 nitrogen and oxygen atoms in total. The van der Waals surface area contributed by atoms with Crippen molar-refractivity contribution in [1.82, 2.24) is 15.1 Å². The smallest absolute Gasteiger partial charge is 0.323 e. The molecule has 0 aliphatic heterocycles. The Labute approximate surface area is 113 Å². The number of carboxylic acids is 1. The Hall–Kier alpha value is -2.71. The molecule has 108 valence electrons. The standard InChI is InChI=1S/C11H14N4O5/c1-5-6(2)13-14-10(19)9(5)11(20)15(3-7(12)16)4-8(17)18/h3-4H2,1-2H3,(H2,12,16)(H,14,19)(H,17,18). The fraction of sp³-hybridized carbons (Fsp3) is 0.364. The van der Waals surface area contributed by atoms with Crippen LogP contribution < -0.4 is 11.3 Å². The molecule has 4 N–H and O–H groups in total. The van der Waals surface area contributed by atoms with Crippen molar-refractivity contribution in [2.45, 2.75) is 13.8 Å². The Kier molecular flexibility index (Phi) is 4.57. The average molecular weight is 282 g/mol. The summed E-state index contributed by atoms with van der Waals surface area (Å²) in [5.74, 6) is -3.07. The highest BCUT2D eigenvalue weighted by Crippen LogP contribution is 2.08. The van der Waals surface area contributed by atoms with Gasteiger partial charge in [0.05, 0.1) is 5.69 Å². The first-order valence-electron chi connectivity index (χ1n) is 5.59. The maximum Gasteiger partial charge on any atom is 0.323 e. The van der Waals surface area contributed by atoms with Gasteiger partial charge in [0.25, 0.3) is 11.5 Å². The largest absolute Gasteiger partial charge is 0.480 e. The van der Waals surface area contributed by atoms with E-state index in [0.29, 0.717) is 16.2 Å². The van der Waals surface area contributed by atoms with Gasteiger partial charge in [0.15, 0.2) is 0 Å². The minimum Gasteiger partial charge on any atom is -0.480 e. The molecule has 0 radical (unpaired) electrons. The van der Waals surface area contributed by atoms with Crippen LogP contribution in [0, 0.1) is 13.8 Å². The number of aliphatic carboxylic acids is 1. The third kappa shape index (κ3) is 3.40. The second-order valence-corrected chi connectivity index (χ2v) is 4.16. The van der Waals surface area contributed by atoms with Gasteiger partial charge in [-0.1, -0.05) is 0 Å².